The maximum Gasteiger partial charge on any atom is 0.357 e. The molecule has 1 rings (SSSR count). The number of nitrogens with one attached hydrogen (secondary N) is 2. The summed E-state index contributed by atoms with van der Waals surface area (Å²) >= 11 is 0. The van der Waals surface area contributed by atoms with Crippen LogP contribution in [0.4, 0.5) is 0 Å². The zero-order valence-corrected chi connectivity index (χ0v) is 7.79. The number of carboxylic acids is 1. The van der Waals surface area contributed by atoms with Gasteiger partial charge in [-0.15, -0.1) is 0 Å². The van der Waals surface area contributed by atoms with E-state index in [0.29, 0.717) is 0 Å². The van der Waals surface area contributed by atoms with Gasteiger partial charge in [-0.3, -0.25) is 5.10 Å². The number of carbonyl (C=O) groups is 1. The predicted octanol–water partition coefficient (Wildman–Crippen LogP) is -0.916. The molecular weight excluding hydrogens is 214 g/mol. The van der Waals surface area contributed by atoms with Gasteiger partial charge in [0.15, 0.2) is 5.69 Å². The maximum absolute atomic E-state index is 11.1. The fourth-order valence-electron chi connectivity index (χ4n) is 0.938. The van der Waals surface area contributed by atoms with Crippen LogP contribution in [0.2, 0.25) is 0 Å². The Morgan fingerprint density at radius 2 is 2.14 bits per heavy atom. The van der Waals surface area contributed by atoms with Crippen molar-refractivity contribution >= 4 is 16.0 Å². The van der Waals surface area contributed by atoms with Gasteiger partial charge in [-0.05, 0) is 6.92 Å². The molecule has 0 aliphatic heterocycles. The van der Waals surface area contributed by atoms with Crippen LogP contribution in [0.1, 0.15) is 16.2 Å². The van der Waals surface area contributed by atoms with Crippen LogP contribution in [0.15, 0.2) is 4.90 Å². The van der Waals surface area contributed by atoms with Gasteiger partial charge in [0.1, 0.15) is 4.90 Å². The number of nitrogens with zero attached hydrogens (tertiary/aromatic N) is 1. The molecule has 4 N–H and O–H groups in total. The molecule has 0 saturated carbocycles. The van der Waals surface area contributed by atoms with Gasteiger partial charge >= 0.3 is 5.97 Å². The van der Waals surface area contributed by atoms with Gasteiger partial charge in [-0.2, -0.15) is 5.10 Å². The van der Waals surface area contributed by atoms with Crippen molar-refractivity contribution in [3.05, 3.63) is 11.4 Å². The Balaban J connectivity index is 3.47. The molecule has 8 nitrogen and oxygen atoms in total. The Hall–Kier alpha value is -1.45. The van der Waals surface area contributed by atoms with Gasteiger partial charge in [0, 0.05) is 0 Å². The fraction of sp³-hybridized carbons (Fsp3) is 0.200. The first-order chi connectivity index (χ1) is 6.40. The van der Waals surface area contributed by atoms with Crippen molar-refractivity contribution in [3.8, 4) is 0 Å². The average Bonchev–Trinajstić information content (AvgIpc) is 2.47. The minimum atomic E-state index is -4.23. The summed E-state index contributed by atoms with van der Waals surface area (Å²) in [7, 11) is -4.23. The van der Waals surface area contributed by atoms with E-state index in [2.05, 4.69) is 10.2 Å². The van der Waals surface area contributed by atoms with Gasteiger partial charge < -0.3 is 10.3 Å². The Morgan fingerprint density at radius 3 is 2.57 bits per heavy atom. The first-order valence-corrected chi connectivity index (χ1v) is 4.82. The van der Waals surface area contributed by atoms with Crippen molar-refractivity contribution in [2.45, 2.75) is 11.8 Å². The number of rotatable bonds is 3. The molecule has 0 saturated heterocycles. The average molecular weight is 221 g/mol. The number of aryl methyl sites for hydroxylation is 1. The summed E-state index contributed by atoms with van der Waals surface area (Å²) in [4.78, 5) is 11.0. The molecule has 0 fully saturated rings. The second-order valence-corrected chi connectivity index (χ2v) is 4.02. The normalized spacial score (nSPS) is 11.6. The highest BCUT2D eigenvalue weighted by Gasteiger charge is 2.27. The lowest BCUT2D eigenvalue weighted by molar-refractivity contribution is 0.0686. The molecule has 0 aliphatic carbocycles. The van der Waals surface area contributed by atoms with Gasteiger partial charge in [-0.1, -0.05) is 4.89 Å². The van der Waals surface area contributed by atoms with Crippen LogP contribution < -0.4 is 4.89 Å². The lowest BCUT2D eigenvalue weighted by atomic mass is 10.4. The third-order valence-corrected chi connectivity index (χ3v) is 2.76. The SMILES string of the molecule is Cc1[nH]nc(C(=O)O)c1S(=O)(=O)NO. The largest absolute Gasteiger partial charge is 0.476 e. The molecule has 9 heteroatoms. The first-order valence-electron chi connectivity index (χ1n) is 3.34. The third-order valence-electron chi connectivity index (χ3n) is 1.48. The number of hydrogen-bond acceptors (Lipinski definition) is 5. The molecule has 0 unspecified atom stereocenters. The topological polar surface area (TPSA) is 132 Å². The van der Waals surface area contributed by atoms with Crippen molar-refractivity contribution in [1.29, 1.82) is 0 Å². The van der Waals surface area contributed by atoms with E-state index >= 15 is 0 Å². The standard InChI is InChI=1S/C5H7N3O5S/c1-2-4(14(12,13)8-11)3(5(9)10)7-6-2/h8,11H,1H3,(H,6,7)(H,9,10). The van der Waals surface area contributed by atoms with Crippen molar-refractivity contribution < 1.29 is 23.5 Å². The summed E-state index contributed by atoms with van der Waals surface area (Å²) in [5, 5.41) is 22.4. The predicted molar refractivity (Wildman–Crippen MR) is 42.4 cm³/mol. The molecular formula is C5H7N3O5S. The zero-order valence-electron chi connectivity index (χ0n) is 6.97. The number of carboxylic acid groups (broad SMARTS) is 1. The Labute approximate surface area is 78.6 Å². The van der Waals surface area contributed by atoms with E-state index in [9.17, 15) is 13.2 Å². The van der Waals surface area contributed by atoms with Crippen LogP contribution >= 0.6 is 0 Å². The lowest BCUT2D eigenvalue weighted by Gasteiger charge is -1.99. The van der Waals surface area contributed by atoms with Crippen LogP contribution in [0, 0.1) is 6.92 Å². The number of aromatic carboxylic acids is 1. The summed E-state index contributed by atoms with van der Waals surface area (Å²) in [6, 6.07) is 0. The molecule has 0 amide bonds. The Kier molecular flexibility index (Phi) is 2.55. The zero-order chi connectivity index (χ0) is 10.9. The molecule has 1 aromatic rings. The van der Waals surface area contributed by atoms with E-state index in [1.54, 1.807) is 0 Å². The van der Waals surface area contributed by atoms with E-state index in [4.69, 9.17) is 10.3 Å². The number of H-pyrrole nitrogens is 1. The molecule has 78 valence electrons. The van der Waals surface area contributed by atoms with Crippen molar-refractivity contribution in [2.75, 3.05) is 0 Å². The van der Waals surface area contributed by atoms with Gasteiger partial charge in [0.05, 0.1) is 5.69 Å². The van der Waals surface area contributed by atoms with E-state index in [0.717, 1.165) is 4.89 Å². The lowest BCUT2D eigenvalue weighted by Crippen LogP contribution is -2.22. The van der Waals surface area contributed by atoms with E-state index in [1.807, 2.05) is 0 Å². The summed E-state index contributed by atoms with van der Waals surface area (Å²) in [6.45, 7) is 1.32. The second kappa shape index (κ2) is 3.36. The molecule has 0 aromatic carbocycles. The third kappa shape index (κ3) is 1.60. The molecule has 0 aliphatic rings. The number of sulfonamides is 1. The Bertz CT molecular complexity index is 462. The number of hydrogen-bond donors (Lipinski definition) is 4. The van der Waals surface area contributed by atoms with Crippen LogP contribution in [-0.2, 0) is 10.0 Å². The fourth-order valence-corrected chi connectivity index (χ4v) is 1.87. The summed E-state index contributed by atoms with van der Waals surface area (Å²) in [5.74, 6) is -1.50. The van der Waals surface area contributed by atoms with E-state index in [1.165, 1.54) is 6.92 Å². The molecule has 0 atom stereocenters. The van der Waals surface area contributed by atoms with Crippen LogP contribution in [-0.4, -0.2) is 34.9 Å². The first kappa shape index (κ1) is 10.6. The minimum Gasteiger partial charge on any atom is -0.476 e. The monoisotopic (exact) mass is 221 g/mol. The quantitative estimate of drug-likeness (QED) is 0.488. The van der Waals surface area contributed by atoms with E-state index in [-0.39, 0.29) is 5.69 Å². The van der Waals surface area contributed by atoms with Crippen molar-refractivity contribution in [3.63, 3.8) is 0 Å². The van der Waals surface area contributed by atoms with E-state index < -0.39 is 26.6 Å². The molecule has 1 heterocycles. The molecule has 0 bridgehead atoms. The highest BCUT2D eigenvalue weighted by molar-refractivity contribution is 7.89. The molecule has 0 spiro atoms. The Morgan fingerprint density at radius 1 is 1.57 bits per heavy atom. The van der Waals surface area contributed by atoms with Crippen LogP contribution in [0.3, 0.4) is 0 Å². The summed E-state index contributed by atoms with van der Waals surface area (Å²) < 4.78 is 22.2. The highest BCUT2D eigenvalue weighted by atomic mass is 32.2. The highest BCUT2D eigenvalue weighted by Crippen LogP contribution is 2.16. The van der Waals surface area contributed by atoms with Crippen LogP contribution in [0.5, 0.6) is 0 Å². The number of aromatic nitrogens is 2. The molecule has 0 radical (unpaired) electrons. The van der Waals surface area contributed by atoms with Gasteiger partial charge in [0.25, 0.3) is 10.0 Å². The van der Waals surface area contributed by atoms with Gasteiger partial charge in [0.2, 0.25) is 0 Å². The van der Waals surface area contributed by atoms with Crippen molar-refractivity contribution in [1.82, 2.24) is 15.1 Å². The second-order valence-electron chi connectivity index (χ2n) is 2.43. The smallest absolute Gasteiger partial charge is 0.357 e. The van der Waals surface area contributed by atoms with Crippen LogP contribution in [0.25, 0.3) is 0 Å². The number of aromatic amines is 1. The summed E-state index contributed by atoms with van der Waals surface area (Å²) in [6.07, 6.45) is 0. The van der Waals surface area contributed by atoms with Gasteiger partial charge in [-0.25, -0.2) is 13.2 Å². The molecule has 1 aromatic heterocycles. The van der Waals surface area contributed by atoms with Crippen molar-refractivity contribution in [2.24, 2.45) is 0 Å². The maximum atomic E-state index is 11.1. The minimum absolute atomic E-state index is 0.0314. The molecule has 14 heavy (non-hydrogen) atoms. The summed E-state index contributed by atoms with van der Waals surface area (Å²) in [5.41, 5.74) is -0.631.